The summed E-state index contributed by atoms with van der Waals surface area (Å²) in [7, 11) is 1.54. The topological polar surface area (TPSA) is 78.9 Å². The van der Waals surface area contributed by atoms with Crippen LogP contribution in [-0.2, 0) is 16.0 Å². The highest BCUT2D eigenvalue weighted by Crippen LogP contribution is 2.39. The minimum absolute atomic E-state index is 0.270. The normalized spacial score (nSPS) is 12.3. The lowest BCUT2D eigenvalue weighted by Gasteiger charge is -2.18. The van der Waals surface area contributed by atoms with E-state index in [1.807, 2.05) is 0 Å². The summed E-state index contributed by atoms with van der Waals surface area (Å²) in [6.07, 6.45) is 1.25. The summed E-state index contributed by atoms with van der Waals surface area (Å²) in [6, 6.07) is 4.77. The van der Waals surface area contributed by atoms with Crippen molar-refractivity contribution in [3.05, 3.63) is 52.6 Å². The third kappa shape index (κ3) is 3.03. The van der Waals surface area contributed by atoms with Crippen molar-refractivity contribution in [1.82, 2.24) is 0 Å². The third-order valence-corrected chi connectivity index (χ3v) is 3.99. The van der Waals surface area contributed by atoms with Crippen molar-refractivity contribution >= 4 is 27.9 Å². The Labute approximate surface area is 143 Å². The second kappa shape index (κ2) is 6.47. The summed E-state index contributed by atoms with van der Waals surface area (Å²) in [5.41, 5.74) is 1.70. The quantitative estimate of drug-likeness (QED) is 0.400. The number of hydrogen-bond donors (Lipinski definition) is 0. The Hall–Kier alpha value is -3.02. The lowest BCUT2D eigenvalue weighted by atomic mass is 9.98. The van der Waals surface area contributed by atoms with Crippen LogP contribution in [0.3, 0.4) is 0 Å². The molecule has 1 atom stereocenters. The molecule has 0 saturated carbocycles. The van der Waals surface area contributed by atoms with Crippen molar-refractivity contribution in [3.8, 4) is 5.75 Å². The number of ether oxygens (including phenoxy) is 2. The molecule has 3 aromatic rings. The zero-order valence-corrected chi connectivity index (χ0v) is 14.3. The molecule has 6 heteroatoms. The Morgan fingerprint density at radius 3 is 2.56 bits per heavy atom. The SMILES string of the molecule is C=C(C)[C@@H](Cc1c2occc2c(OC)c2ccc(=O)oc12)OC(C)=O. The van der Waals surface area contributed by atoms with Gasteiger partial charge in [-0.1, -0.05) is 6.58 Å². The van der Waals surface area contributed by atoms with Crippen LogP contribution >= 0.6 is 0 Å². The maximum atomic E-state index is 11.8. The van der Waals surface area contributed by atoms with Crippen molar-refractivity contribution in [2.24, 2.45) is 0 Å². The molecular formula is C19H18O6. The highest BCUT2D eigenvalue weighted by molar-refractivity contribution is 6.04. The number of hydrogen-bond acceptors (Lipinski definition) is 6. The molecule has 2 aromatic heterocycles. The molecule has 0 amide bonds. The van der Waals surface area contributed by atoms with Crippen molar-refractivity contribution in [3.63, 3.8) is 0 Å². The maximum absolute atomic E-state index is 11.8. The molecule has 25 heavy (non-hydrogen) atoms. The first-order valence-corrected chi connectivity index (χ1v) is 7.75. The Balaban J connectivity index is 2.29. The number of methoxy groups -OCH3 is 1. The molecule has 0 aliphatic rings. The van der Waals surface area contributed by atoms with Crippen LogP contribution in [0.1, 0.15) is 19.4 Å². The van der Waals surface area contributed by atoms with Gasteiger partial charge < -0.3 is 18.3 Å². The fourth-order valence-corrected chi connectivity index (χ4v) is 2.90. The second-order valence-electron chi connectivity index (χ2n) is 5.82. The summed E-state index contributed by atoms with van der Waals surface area (Å²) in [5, 5.41) is 1.40. The van der Waals surface area contributed by atoms with E-state index >= 15 is 0 Å². The van der Waals surface area contributed by atoms with Crippen molar-refractivity contribution in [1.29, 1.82) is 0 Å². The van der Waals surface area contributed by atoms with Gasteiger partial charge in [0.05, 0.1) is 24.1 Å². The van der Waals surface area contributed by atoms with Crippen molar-refractivity contribution in [2.45, 2.75) is 26.4 Å². The van der Waals surface area contributed by atoms with Gasteiger partial charge in [0.15, 0.2) is 0 Å². The highest BCUT2D eigenvalue weighted by Gasteiger charge is 2.23. The number of benzene rings is 1. The molecule has 0 unspecified atom stereocenters. The first kappa shape index (κ1) is 16.8. The smallest absolute Gasteiger partial charge is 0.336 e. The van der Waals surface area contributed by atoms with Crippen LogP contribution in [0, 0.1) is 0 Å². The summed E-state index contributed by atoms with van der Waals surface area (Å²) in [4.78, 5) is 23.2. The molecule has 0 spiro atoms. The zero-order valence-electron chi connectivity index (χ0n) is 14.3. The maximum Gasteiger partial charge on any atom is 0.336 e. The van der Waals surface area contributed by atoms with E-state index in [1.165, 1.54) is 19.3 Å². The van der Waals surface area contributed by atoms with Gasteiger partial charge in [0.25, 0.3) is 0 Å². The highest BCUT2D eigenvalue weighted by atomic mass is 16.5. The number of fused-ring (bicyclic) bond motifs is 2. The number of esters is 1. The van der Waals surface area contributed by atoms with Gasteiger partial charge >= 0.3 is 11.6 Å². The van der Waals surface area contributed by atoms with Gasteiger partial charge in [-0.3, -0.25) is 4.79 Å². The number of carbonyl (C=O) groups is 1. The van der Waals surface area contributed by atoms with Crippen LogP contribution in [0.4, 0.5) is 0 Å². The molecule has 0 fully saturated rings. The Bertz CT molecular complexity index is 1020. The van der Waals surface area contributed by atoms with Gasteiger partial charge in [-0.05, 0) is 24.6 Å². The standard InChI is InChI=1S/C19H18O6/c1-10(2)15(24-11(3)20)9-14-18-13(7-8-23-18)17(22-4)12-5-6-16(21)25-19(12)14/h5-8,15H,1,9H2,2-4H3/t15-/m1/s1. The molecular weight excluding hydrogens is 324 g/mol. The predicted molar refractivity (Wildman–Crippen MR) is 92.9 cm³/mol. The van der Waals surface area contributed by atoms with Gasteiger partial charge in [0, 0.05) is 25.0 Å². The molecule has 6 nitrogen and oxygen atoms in total. The second-order valence-corrected chi connectivity index (χ2v) is 5.82. The Morgan fingerprint density at radius 2 is 1.92 bits per heavy atom. The van der Waals surface area contributed by atoms with E-state index in [4.69, 9.17) is 18.3 Å². The fourth-order valence-electron chi connectivity index (χ4n) is 2.90. The molecule has 0 bridgehead atoms. The summed E-state index contributed by atoms with van der Waals surface area (Å²) >= 11 is 0. The van der Waals surface area contributed by atoms with Gasteiger partial charge in [0.1, 0.15) is 23.0 Å². The average Bonchev–Trinajstić information content (AvgIpc) is 3.02. The van der Waals surface area contributed by atoms with Crippen LogP contribution in [0.5, 0.6) is 5.75 Å². The predicted octanol–water partition coefficient (Wildman–Crippen LogP) is 3.60. The zero-order chi connectivity index (χ0) is 18.1. The van der Waals surface area contributed by atoms with Crippen LogP contribution in [0.2, 0.25) is 0 Å². The molecule has 0 radical (unpaired) electrons. The molecule has 0 N–H and O–H groups in total. The van der Waals surface area contributed by atoms with Crippen LogP contribution in [-0.4, -0.2) is 19.2 Å². The van der Waals surface area contributed by atoms with Crippen LogP contribution in [0.15, 0.2) is 50.2 Å². The molecule has 3 rings (SSSR count). The van der Waals surface area contributed by atoms with Crippen molar-refractivity contribution < 1.29 is 23.1 Å². The van der Waals surface area contributed by atoms with E-state index in [2.05, 4.69) is 6.58 Å². The molecule has 1 aromatic carbocycles. The van der Waals surface area contributed by atoms with E-state index in [1.54, 1.807) is 26.2 Å². The van der Waals surface area contributed by atoms with E-state index < -0.39 is 17.7 Å². The van der Waals surface area contributed by atoms with Gasteiger partial charge in [-0.25, -0.2) is 4.79 Å². The minimum Gasteiger partial charge on any atom is -0.495 e. The minimum atomic E-state index is -0.562. The number of carbonyl (C=O) groups excluding carboxylic acids is 1. The van der Waals surface area contributed by atoms with Crippen LogP contribution < -0.4 is 10.4 Å². The van der Waals surface area contributed by atoms with E-state index in [0.717, 1.165) is 5.39 Å². The lowest BCUT2D eigenvalue weighted by Crippen LogP contribution is -2.20. The summed E-state index contributed by atoms with van der Waals surface area (Å²) < 4.78 is 21.9. The van der Waals surface area contributed by atoms with Crippen LogP contribution in [0.25, 0.3) is 21.9 Å². The third-order valence-electron chi connectivity index (χ3n) is 3.99. The van der Waals surface area contributed by atoms with E-state index in [9.17, 15) is 9.59 Å². The van der Waals surface area contributed by atoms with Gasteiger partial charge in [-0.15, -0.1) is 0 Å². The summed E-state index contributed by atoms with van der Waals surface area (Å²) in [6.45, 7) is 6.99. The monoisotopic (exact) mass is 342 g/mol. The molecule has 2 heterocycles. The Morgan fingerprint density at radius 1 is 1.20 bits per heavy atom. The molecule has 130 valence electrons. The molecule has 0 aliphatic heterocycles. The Kier molecular flexibility index (Phi) is 4.35. The molecule has 0 saturated heterocycles. The van der Waals surface area contributed by atoms with Gasteiger partial charge in [-0.2, -0.15) is 0 Å². The largest absolute Gasteiger partial charge is 0.495 e. The van der Waals surface area contributed by atoms with E-state index in [-0.39, 0.29) is 6.42 Å². The van der Waals surface area contributed by atoms with Crippen molar-refractivity contribution in [2.75, 3.05) is 7.11 Å². The number of rotatable bonds is 5. The van der Waals surface area contributed by atoms with Gasteiger partial charge in [0.2, 0.25) is 0 Å². The first-order chi connectivity index (χ1) is 11.9. The fraction of sp³-hybridized carbons (Fsp3) is 0.263. The lowest BCUT2D eigenvalue weighted by molar-refractivity contribution is -0.144. The average molecular weight is 342 g/mol. The first-order valence-electron chi connectivity index (χ1n) is 7.75. The summed E-state index contributed by atoms with van der Waals surface area (Å²) in [5.74, 6) is 0.147. The number of furan rings is 1. The molecule has 0 aliphatic carbocycles. The van der Waals surface area contributed by atoms with E-state index in [0.29, 0.717) is 33.4 Å².